The molecule has 0 spiro atoms. The molecular formula is C28H27ClN6O3S2. The molecule has 4 rings (SSSR count). The van der Waals surface area contributed by atoms with Crippen LogP contribution in [0.15, 0.2) is 69.5 Å². The standard InChI is InChI=1S/C28H27ClN6O3S2/c1-35(10-11-37-2)9-4-5-26(36)34-23-14-20-22(15-24(23)38-3)32-17-18(16-30)27(20)33-19-6-7-25(21(29)13-19)40-28-31-8-12-39-28/h4-8,12-15,17H,9-11H2,1-3H3,(H,32,33)(H,34,36). The molecule has 4 aromatic rings. The van der Waals surface area contributed by atoms with E-state index < -0.39 is 0 Å². The Labute approximate surface area is 245 Å². The molecule has 12 heteroatoms. The molecule has 0 radical (unpaired) electrons. The number of carbonyl (C=O) groups excluding carboxylic acids is 1. The maximum atomic E-state index is 12.7. The van der Waals surface area contributed by atoms with Gasteiger partial charge < -0.3 is 25.0 Å². The van der Waals surface area contributed by atoms with E-state index in [0.717, 1.165) is 15.8 Å². The summed E-state index contributed by atoms with van der Waals surface area (Å²) in [6.45, 7) is 1.96. The Morgan fingerprint density at radius 1 is 1.27 bits per heavy atom. The van der Waals surface area contributed by atoms with Crippen molar-refractivity contribution in [2.45, 2.75) is 9.24 Å². The van der Waals surface area contributed by atoms with Gasteiger partial charge in [-0.25, -0.2) is 4.98 Å². The van der Waals surface area contributed by atoms with Crippen molar-refractivity contribution in [3.8, 4) is 11.8 Å². The molecule has 2 aromatic carbocycles. The van der Waals surface area contributed by atoms with E-state index >= 15 is 0 Å². The summed E-state index contributed by atoms with van der Waals surface area (Å²) >= 11 is 9.60. The van der Waals surface area contributed by atoms with Gasteiger partial charge in [-0.3, -0.25) is 9.78 Å². The van der Waals surface area contributed by atoms with Crippen molar-refractivity contribution >= 4 is 68.6 Å². The minimum Gasteiger partial charge on any atom is -0.494 e. The predicted octanol–water partition coefficient (Wildman–Crippen LogP) is 6.19. The number of nitriles is 1. The zero-order valence-electron chi connectivity index (χ0n) is 22.1. The Morgan fingerprint density at radius 2 is 2.12 bits per heavy atom. The lowest BCUT2D eigenvalue weighted by Gasteiger charge is -2.16. The molecular weight excluding hydrogens is 568 g/mol. The highest BCUT2D eigenvalue weighted by atomic mass is 35.5. The third-order valence-electron chi connectivity index (χ3n) is 5.74. The first-order valence-electron chi connectivity index (χ1n) is 12.1. The topological polar surface area (TPSA) is 112 Å². The van der Waals surface area contributed by atoms with E-state index in [0.29, 0.717) is 57.5 Å². The van der Waals surface area contributed by atoms with Gasteiger partial charge in [-0.05, 0) is 31.3 Å². The highest BCUT2D eigenvalue weighted by Gasteiger charge is 2.16. The number of likely N-dealkylation sites (N-methyl/N-ethyl adjacent to an activating group) is 1. The predicted molar refractivity (Wildman–Crippen MR) is 161 cm³/mol. The number of halogens is 1. The number of thiazole rings is 1. The maximum absolute atomic E-state index is 12.7. The molecule has 2 heterocycles. The monoisotopic (exact) mass is 594 g/mol. The average Bonchev–Trinajstić information content (AvgIpc) is 3.46. The molecule has 0 saturated carbocycles. The highest BCUT2D eigenvalue weighted by Crippen LogP contribution is 2.39. The SMILES string of the molecule is COCCN(C)CC=CC(=O)Nc1cc2c(Nc3ccc(Sc4nccs4)c(Cl)c3)c(C#N)cnc2cc1OC. The Morgan fingerprint density at radius 3 is 2.83 bits per heavy atom. The molecule has 0 unspecified atom stereocenters. The molecule has 1 amide bonds. The summed E-state index contributed by atoms with van der Waals surface area (Å²) in [5.74, 6) is 0.137. The van der Waals surface area contributed by atoms with Crippen molar-refractivity contribution in [1.29, 1.82) is 5.26 Å². The number of ether oxygens (including phenoxy) is 2. The number of fused-ring (bicyclic) bond motifs is 1. The van der Waals surface area contributed by atoms with Crippen LogP contribution in [0.2, 0.25) is 5.02 Å². The number of hydrogen-bond donors (Lipinski definition) is 2. The van der Waals surface area contributed by atoms with Crippen molar-refractivity contribution in [3.05, 3.63) is 70.8 Å². The number of rotatable bonds is 12. The number of carbonyl (C=O) groups is 1. The summed E-state index contributed by atoms with van der Waals surface area (Å²) < 4.78 is 11.5. The second kappa shape index (κ2) is 14.1. The average molecular weight is 595 g/mol. The van der Waals surface area contributed by atoms with Crippen molar-refractivity contribution in [2.24, 2.45) is 0 Å². The van der Waals surface area contributed by atoms with Crippen LogP contribution in [0.1, 0.15) is 5.56 Å². The second-order valence-electron chi connectivity index (χ2n) is 8.55. The van der Waals surface area contributed by atoms with E-state index in [4.69, 9.17) is 21.1 Å². The van der Waals surface area contributed by atoms with Crippen molar-refractivity contribution < 1.29 is 14.3 Å². The highest BCUT2D eigenvalue weighted by molar-refractivity contribution is 8.01. The number of benzene rings is 2. The fourth-order valence-electron chi connectivity index (χ4n) is 3.72. The minimum atomic E-state index is -0.309. The van der Waals surface area contributed by atoms with Gasteiger partial charge in [0.25, 0.3) is 0 Å². The molecule has 206 valence electrons. The van der Waals surface area contributed by atoms with Crippen LogP contribution in [0.3, 0.4) is 0 Å². The van der Waals surface area contributed by atoms with Crippen LogP contribution in [0.4, 0.5) is 17.1 Å². The molecule has 0 aliphatic heterocycles. The number of amides is 1. The number of nitrogens with zero attached hydrogens (tertiary/aromatic N) is 4. The smallest absolute Gasteiger partial charge is 0.248 e. The van der Waals surface area contributed by atoms with Crippen molar-refractivity contribution in [3.63, 3.8) is 0 Å². The zero-order chi connectivity index (χ0) is 28.5. The third kappa shape index (κ3) is 7.50. The van der Waals surface area contributed by atoms with Gasteiger partial charge >= 0.3 is 0 Å². The van der Waals surface area contributed by atoms with Crippen LogP contribution < -0.4 is 15.4 Å². The molecule has 0 bridgehead atoms. The maximum Gasteiger partial charge on any atom is 0.248 e. The van der Waals surface area contributed by atoms with Crippen molar-refractivity contribution in [2.75, 3.05) is 51.6 Å². The van der Waals surface area contributed by atoms with Gasteiger partial charge in [0.05, 0.1) is 41.2 Å². The quantitative estimate of drug-likeness (QED) is 0.185. The van der Waals surface area contributed by atoms with E-state index in [1.807, 2.05) is 29.5 Å². The molecule has 2 N–H and O–H groups in total. The lowest BCUT2D eigenvalue weighted by atomic mass is 10.1. The van der Waals surface area contributed by atoms with Gasteiger partial charge in [0, 0.05) is 66.1 Å². The Bertz CT molecular complexity index is 1560. The Hall–Kier alpha value is -3.66. The minimum absolute atomic E-state index is 0.309. The van der Waals surface area contributed by atoms with E-state index in [9.17, 15) is 10.1 Å². The number of methoxy groups -OCH3 is 2. The van der Waals surface area contributed by atoms with Crippen LogP contribution in [0, 0.1) is 11.3 Å². The molecule has 0 aliphatic rings. The summed E-state index contributed by atoms with van der Waals surface area (Å²) in [6.07, 6.45) is 6.50. The van der Waals surface area contributed by atoms with Gasteiger partial charge in [0.1, 0.15) is 11.8 Å². The fourth-order valence-corrected chi connectivity index (χ4v) is 5.60. The van der Waals surface area contributed by atoms with E-state index in [1.54, 1.807) is 37.6 Å². The molecule has 2 aromatic heterocycles. The lowest BCUT2D eigenvalue weighted by Crippen LogP contribution is -2.23. The van der Waals surface area contributed by atoms with Gasteiger partial charge in [0.15, 0.2) is 4.34 Å². The zero-order valence-corrected chi connectivity index (χ0v) is 24.5. The molecule has 0 saturated heterocycles. The second-order valence-corrected chi connectivity index (χ2v) is 11.1. The largest absolute Gasteiger partial charge is 0.494 e. The normalized spacial score (nSPS) is 11.2. The summed E-state index contributed by atoms with van der Waals surface area (Å²) in [5.41, 5.74) is 2.61. The van der Waals surface area contributed by atoms with Crippen LogP contribution in [0.25, 0.3) is 10.9 Å². The number of pyridine rings is 1. The molecule has 0 atom stereocenters. The van der Waals surface area contributed by atoms with Crippen LogP contribution in [0.5, 0.6) is 5.75 Å². The van der Waals surface area contributed by atoms with Gasteiger partial charge in [-0.2, -0.15) is 5.26 Å². The summed E-state index contributed by atoms with van der Waals surface area (Å²) in [5, 5.41) is 19.1. The van der Waals surface area contributed by atoms with Gasteiger partial charge in [-0.1, -0.05) is 29.4 Å². The van der Waals surface area contributed by atoms with Gasteiger partial charge in [-0.15, -0.1) is 11.3 Å². The van der Waals surface area contributed by atoms with Crippen LogP contribution >= 0.6 is 34.7 Å². The third-order valence-corrected chi connectivity index (χ3v) is 8.12. The van der Waals surface area contributed by atoms with Crippen LogP contribution in [-0.2, 0) is 9.53 Å². The summed E-state index contributed by atoms with van der Waals surface area (Å²) in [7, 11) is 5.12. The lowest BCUT2D eigenvalue weighted by molar-refractivity contribution is -0.111. The summed E-state index contributed by atoms with van der Waals surface area (Å²) in [4.78, 5) is 24.3. The molecule has 0 fully saturated rings. The number of nitrogens with one attached hydrogen (secondary N) is 2. The van der Waals surface area contributed by atoms with E-state index in [-0.39, 0.29) is 5.91 Å². The number of aromatic nitrogens is 2. The van der Waals surface area contributed by atoms with E-state index in [1.165, 1.54) is 42.5 Å². The fraction of sp³-hybridized carbons (Fsp3) is 0.214. The van der Waals surface area contributed by atoms with E-state index in [2.05, 4.69) is 26.7 Å². The summed E-state index contributed by atoms with van der Waals surface area (Å²) in [6, 6.07) is 11.2. The Balaban J connectivity index is 1.60. The number of anilines is 3. The van der Waals surface area contributed by atoms with Gasteiger partial charge in [0.2, 0.25) is 5.91 Å². The number of hydrogen-bond acceptors (Lipinski definition) is 10. The Kier molecular flexibility index (Phi) is 10.3. The molecule has 40 heavy (non-hydrogen) atoms. The van der Waals surface area contributed by atoms with Crippen molar-refractivity contribution in [1.82, 2.24) is 14.9 Å². The molecule has 9 nitrogen and oxygen atoms in total. The van der Waals surface area contributed by atoms with Crippen LogP contribution in [-0.4, -0.2) is 61.7 Å². The molecule has 0 aliphatic carbocycles. The first-order valence-corrected chi connectivity index (χ1v) is 14.2. The first-order chi connectivity index (χ1) is 19.4. The first kappa shape index (κ1) is 29.3.